The highest BCUT2D eigenvalue weighted by atomic mass is 16.2. The fourth-order valence-electron chi connectivity index (χ4n) is 3.48. The second-order valence-corrected chi connectivity index (χ2v) is 6.80. The van der Waals surface area contributed by atoms with E-state index in [-0.39, 0.29) is 11.4 Å². The Morgan fingerprint density at radius 2 is 1.94 bits per heavy atom. The molecule has 1 aliphatic carbocycles. The van der Waals surface area contributed by atoms with Crippen LogP contribution in [0, 0.1) is 11.3 Å². The Morgan fingerprint density at radius 1 is 1.31 bits per heavy atom. The summed E-state index contributed by atoms with van der Waals surface area (Å²) in [7, 11) is 0. The zero-order chi connectivity index (χ0) is 12.0. The molecule has 0 aromatic rings. The number of likely N-dealkylation sites (tertiary alicyclic amines) is 1. The molecule has 1 aliphatic heterocycles. The summed E-state index contributed by atoms with van der Waals surface area (Å²) in [6.45, 7) is 9.74. The molecule has 0 radical (unpaired) electrons. The molecule has 2 nitrogen and oxygen atoms in total. The van der Waals surface area contributed by atoms with Gasteiger partial charge in [0.25, 0.3) is 0 Å². The molecule has 92 valence electrons. The number of amides is 1. The van der Waals surface area contributed by atoms with Crippen LogP contribution in [0.4, 0.5) is 0 Å². The molecule has 0 aromatic heterocycles. The van der Waals surface area contributed by atoms with Gasteiger partial charge in [-0.3, -0.25) is 4.79 Å². The number of hydrogen-bond donors (Lipinski definition) is 0. The standard InChI is InChI=1S/C14H25NO/c1-11(16)15-9-6-12(13(2,3)4)10-14(15)7-5-8-14/h12H,5-10H2,1-4H3/t12-/m1/s1. The largest absolute Gasteiger partial charge is 0.337 e. The number of piperidine rings is 1. The van der Waals surface area contributed by atoms with Crippen molar-refractivity contribution in [3.63, 3.8) is 0 Å². The lowest BCUT2D eigenvalue weighted by molar-refractivity contribution is -0.146. The maximum absolute atomic E-state index is 11.7. The van der Waals surface area contributed by atoms with Gasteiger partial charge >= 0.3 is 0 Å². The third-order valence-electron chi connectivity index (χ3n) is 4.79. The summed E-state index contributed by atoms with van der Waals surface area (Å²) < 4.78 is 0. The summed E-state index contributed by atoms with van der Waals surface area (Å²) in [4.78, 5) is 13.9. The summed E-state index contributed by atoms with van der Waals surface area (Å²) >= 11 is 0. The topological polar surface area (TPSA) is 20.3 Å². The van der Waals surface area contributed by atoms with Crippen LogP contribution in [-0.4, -0.2) is 22.9 Å². The van der Waals surface area contributed by atoms with Crippen LogP contribution in [0.15, 0.2) is 0 Å². The zero-order valence-corrected chi connectivity index (χ0v) is 11.2. The van der Waals surface area contributed by atoms with Crippen molar-refractivity contribution >= 4 is 5.91 Å². The van der Waals surface area contributed by atoms with Gasteiger partial charge in [0.2, 0.25) is 5.91 Å². The van der Waals surface area contributed by atoms with Crippen LogP contribution in [0.5, 0.6) is 0 Å². The van der Waals surface area contributed by atoms with Crippen LogP contribution in [0.2, 0.25) is 0 Å². The van der Waals surface area contributed by atoms with E-state index < -0.39 is 0 Å². The minimum absolute atomic E-state index is 0.252. The molecule has 0 aromatic carbocycles. The molecular formula is C14H25NO. The van der Waals surface area contributed by atoms with Gasteiger partial charge in [-0.25, -0.2) is 0 Å². The number of nitrogens with zero attached hydrogens (tertiary/aromatic N) is 1. The van der Waals surface area contributed by atoms with Crippen LogP contribution < -0.4 is 0 Å². The lowest BCUT2D eigenvalue weighted by atomic mass is 9.62. The van der Waals surface area contributed by atoms with Gasteiger partial charge in [0.1, 0.15) is 0 Å². The molecule has 0 bridgehead atoms. The van der Waals surface area contributed by atoms with Gasteiger partial charge < -0.3 is 4.90 Å². The molecular weight excluding hydrogens is 198 g/mol. The van der Waals surface area contributed by atoms with E-state index in [0.717, 1.165) is 12.5 Å². The molecule has 1 heterocycles. The first-order chi connectivity index (χ1) is 7.35. The summed E-state index contributed by atoms with van der Waals surface area (Å²) in [5, 5.41) is 0. The lowest BCUT2D eigenvalue weighted by Gasteiger charge is -2.57. The summed E-state index contributed by atoms with van der Waals surface area (Å²) in [5.74, 6) is 1.07. The first kappa shape index (κ1) is 11.9. The fraction of sp³-hybridized carbons (Fsp3) is 0.929. The lowest BCUT2D eigenvalue weighted by Crippen LogP contribution is -2.60. The van der Waals surface area contributed by atoms with Crippen molar-refractivity contribution in [1.82, 2.24) is 4.90 Å². The first-order valence-corrected chi connectivity index (χ1v) is 6.63. The van der Waals surface area contributed by atoms with E-state index in [9.17, 15) is 4.79 Å². The number of hydrogen-bond acceptors (Lipinski definition) is 1. The highest BCUT2D eigenvalue weighted by Gasteiger charge is 2.49. The predicted molar refractivity (Wildman–Crippen MR) is 66.1 cm³/mol. The molecule has 16 heavy (non-hydrogen) atoms. The third-order valence-corrected chi connectivity index (χ3v) is 4.79. The average Bonchev–Trinajstić information content (AvgIpc) is 2.12. The maximum atomic E-state index is 11.7. The fourth-order valence-corrected chi connectivity index (χ4v) is 3.48. The van der Waals surface area contributed by atoms with E-state index >= 15 is 0 Å². The quantitative estimate of drug-likeness (QED) is 0.617. The molecule has 2 heteroatoms. The molecule has 1 spiro atoms. The molecule has 1 saturated carbocycles. The number of carbonyl (C=O) groups excluding carboxylic acids is 1. The third kappa shape index (κ3) is 1.87. The normalized spacial score (nSPS) is 29.0. The minimum Gasteiger partial charge on any atom is -0.337 e. The van der Waals surface area contributed by atoms with Gasteiger partial charge in [0, 0.05) is 19.0 Å². The van der Waals surface area contributed by atoms with Crippen molar-refractivity contribution in [2.24, 2.45) is 11.3 Å². The smallest absolute Gasteiger partial charge is 0.219 e. The Kier molecular flexibility index (Phi) is 2.80. The zero-order valence-electron chi connectivity index (χ0n) is 11.2. The SMILES string of the molecule is CC(=O)N1CC[C@@H](C(C)(C)C)CC12CCC2. The van der Waals surface area contributed by atoms with Crippen LogP contribution in [0.1, 0.15) is 59.8 Å². The minimum atomic E-state index is 0.252. The second kappa shape index (κ2) is 3.75. The van der Waals surface area contributed by atoms with Crippen LogP contribution >= 0.6 is 0 Å². The Bertz CT molecular complexity index is 286. The maximum Gasteiger partial charge on any atom is 0.219 e. The molecule has 1 amide bonds. The summed E-state index contributed by atoms with van der Waals surface area (Å²) in [6.07, 6.45) is 6.19. The summed E-state index contributed by atoms with van der Waals surface area (Å²) in [6, 6.07) is 0. The van der Waals surface area contributed by atoms with Crippen molar-refractivity contribution in [1.29, 1.82) is 0 Å². The average molecular weight is 223 g/mol. The van der Waals surface area contributed by atoms with E-state index in [4.69, 9.17) is 0 Å². The van der Waals surface area contributed by atoms with Crippen LogP contribution in [0.25, 0.3) is 0 Å². The van der Waals surface area contributed by atoms with E-state index in [0.29, 0.717) is 5.41 Å². The Labute approximate surface area is 99.4 Å². The van der Waals surface area contributed by atoms with Crippen LogP contribution in [-0.2, 0) is 4.79 Å². The first-order valence-electron chi connectivity index (χ1n) is 6.63. The number of carbonyl (C=O) groups is 1. The molecule has 1 saturated heterocycles. The summed E-state index contributed by atoms with van der Waals surface area (Å²) in [5.41, 5.74) is 0.646. The Hall–Kier alpha value is -0.530. The van der Waals surface area contributed by atoms with Gasteiger partial charge in [-0.15, -0.1) is 0 Å². The van der Waals surface area contributed by atoms with Gasteiger partial charge in [-0.2, -0.15) is 0 Å². The monoisotopic (exact) mass is 223 g/mol. The van der Waals surface area contributed by atoms with Crippen molar-refractivity contribution in [3.05, 3.63) is 0 Å². The van der Waals surface area contributed by atoms with E-state index in [2.05, 4.69) is 25.7 Å². The van der Waals surface area contributed by atoms with Crippen molar-refractivity contribution in [3.8, 4) is 0 Å². The molecule has 2 rings (SSSR count). The molecule has 0 N–H and O–H groups in total. The van der Waals surface area contributed by atoms with Gasteiger partial charge in [0.15, 0.2) is 0 Å². The van der Waals surface area contributed by atoms with Crippen LogP contribution in [0.3, 0.4) is 0 Å². The van der Waals surface area contributed by atoms with Crippen molar-refractivity contribution in [2.75, 3.05) is 6.54 Å². The van der Waals surface area contributed by atoms with E-state index in [1.165, 1.54) is 32.1 Å². The highest BCUT2D eigenvalue weighted by molar-refractivity contribution is 5.74. The second-order valence-electron chi connectivity index (χ2n) is 6.80. The Morgan fingerprint density at radius 3 is 2.31 bits per heavy atom. The molecule has 2 aliphatic rings. The van der Waals surface area contributed by atoms with Gasteiger partial charge in [0.05, 0.1) is 0 Å². The van der Waals surface area contributed by atoms with Crippen molar-refractivity contribution in [2.45, 2.75) is 65.3 Å². The molecule has 0 unspecified atom stereocenters. The highest BCUT2D eigenvalue weighted by Crippen LogP contribution is 2.50. The van der Waals surface area contributed by atoms with E-state index in [1.807, 2.05) is 0 Å². The molecule has 2 fully saturated rings. The van der Waals surface area contributed by atoms with Gasteiger partial charge in [-0.05, 0) is 43.4 Å². The predicted octanol–water partition coefficient (Wildman–Crippen LogP) is 3.21. The van der Waals surface area contributed by atoms with Gasteiger partial charge in [-0.1, -0.05) is 20.8 Å². The van der Waals surface area contributed by atoms with E-state index in [1.54, 1.807) is 6.92 Å². The number of rotatable bonds is 0. The Balaban J connectivity index is 2.13. The van der Waals surface area contributed by atoms with Crippen molar-refractivity contribution < 1.29 is 4.79 Å². The molecule has 1 atom stereocenters.